The summed E-state index contributed by atoms with van der Waals surface area (Å²) in [5.41, 5.74) is 8.90. The fourth-order valence-corrected chi connectivity index (χ4v) is 6.97. The summed E-state index contributed by atoms with van der Waals surface area (Å²) in [7, 11) is -2.26. The van der Waals surface area contributed by atoms with Crippen molar-refractivity contribution in [3.8, 4) is 10.4 Å². The number of nitrogens with zero attached hydrogens (tertiary/aromatic N) is 1. The molecule has 0 aliphatic carbocycles. The molecule has 4 N–H and O–H groups in total. The second-order valence-corrected chi connectivity index (χ2v) is 13.5. The molecule has 3 aromatic rings. The Bertz CT molecular complexity index is 1080. The van der Waals surface area contributed by atoms with Crippen molar-refractivity contribution in [3.63, 3.8) is 0 Å². The van der Waals surface area contributed by atoms with E-state index in [-0.39, 0.29) is 17.2 Å². The third-order valence-corrected chi connectivity index (χ3v) is 11.0. The number of carbonyl (C=O) groups excluding carboxylic acids is 1. The SMILES string of the molecule is CC(C)P(=O)(CCNc1ccc(C(=O)Nc2cc(-c3cccs3)ccc2N)cn1)C(C)C. The van der Waals surface area contributed by atoms with Gasteiger partial charge in [0.15, 0.2) is 0 Å². The molecule has 1 aromatic carbocycles. The van der Waals surface area contributed by atoms with Gasteiger partial charge in [-0.3, -0.25) is 4.79 Å². The van der Waals surface area contributed by atoms with E-state index < -0.39 is 7.14 Å². The van der Waals surface area contributed by atoms with Crippen LogP contribution < -0.4 is 16.4 Å². The number of anilines is 3. The molecule has 8 heteroatoms. The summed E-state index contributed by atoms with van der Waals surface area (Å²) in [5.74, 6) is 0.378. The van der Waals surface area contributed by atoms with Crippen molar-refractivity contribution in [2.75, 3.05) is 29.1 Å². The van der Waals surface area contributed by atoms with Crippen LogP contribution in [0.3, 0.4) is 0 Å². The molecule has 170 valence electrons. The van der Waals surface area contributed by atoms with Crippen LogP contribution in [0.15, 0.2) is 54.0 Å². The summed E-state index contributed by atoms with van der Waals surface area (Å²) in [4.78, 5) is 18.2. The molecule has 0 unspecified atom stereocenters. The number of rotatable bonds is 9. The number of nitrogens with one attached hydrogen (secondary N) is 2. The lowest BCUT2D eigenvalue weighted by Gasteiger charge is -2.26. The zero-order chi connectivity index (χ0) is 23.3. The van der Waals surface area contributed by atoms with Gasteiger partial charge in [-0.1, -0.05) is 39.8 Å². The number of carbonyl (C=O) groups is 1. The minimum absolute atomic E-state index is 0.161. The van der Waals surface area contributed by atoms with Gasteiger partial charge in [-0.15, -0.1) is 11.3 Å². The number of amides is 1. The molecule has 0 fully saturated rings. The summed E-state index contributed by atoms with van der Waals surface area (Å²) >= 11 is 1.63. The normalized spacial score (nSPS) is 11.7. The zero-order valence-electron chi connectivity index (χ0n) is 19.0. The number of benzene rings is 1. The number of pyridine rings is 1. The Morgan fingerprint density at radius 1 is 1.12 bits per heavy atom. The van der Waals surface area contributed by atoms with Crippen molar-refractivity contribution in [1.82, 2.24) is 4.98 Å². The van der Waals surface area contributed by atoms with Crippen molar-refractivity contribution >= 4 is 41.6 Å². The third-order valence-electron chi connectivity index (χ3n) is 5.65. The average Bonchev–Trinajstić information content (AvgIpc) is 3.30. The van der Waals surface area contributed by atoms with E-state index >= 15 is 0 Å². The van der Waals surface area contributed by atoms with Gasteiger partial charge in [0.1, 0.15) is 5.82 Å². The molecule has 3 rings (SSSR count). The molecule has 1 amide bonds. The molecular weight excluding hydrogens is 439 g/mol. The standard InChI is InChI=1S/C24H31N4O2PS/c1-16(2)31(30,17(3)4)12-11-26-23-10-8-19(15-27-23)24(29)28-21-14-18(7-9-20(21)25)22-6-5-13-32-22/h5-10,13-17H,11-12,25H2,1-4H3,(H,26,27)(H,28,29). The topological polar surface area (TPSA) is 97.1 Å². The maximum Gasteiger partial charge on any atom is 0.257 e. The Morgan fingerprint density at radius 2 is 1.88 bits per heavy atom. The number of aromatic nitrogens is 1. The van der Waals surface area contributed by atoms with E-state index in [1.165, 1.54) is 6.20 Å². The first kappa shape index (κ1) is 24.0. The summed E-state index contributed by atoms with van der Waals surface area (Å²) in [6.45, 7) is 8.67. The molecule has 0 aliphatic rings. The van der Waals surface area contributed by atoms with Crippen LogP contribution in [-0.4, -0.2) is 34.9 Å². The smallest absolute Gasteiger partial charge is 0.257 e. The second-order valence-electron chi connectivity index (χ2n) is 8.36. The second kappa shape index (κ2) is 10.3. The van der Waals surface area contributed by atoms with Gasteiger partial charge < -0.3 is 20.9 Å². The number of nitrogens with two attached hydrogens (primary N) is 1. The van der Waals surface area contributed by atoms with Crippen molar-refractivity contribution < 1.29 is 9.36 Å². The maximum atomic E-state index is 13.1. The van der Waals surface area contributed by atoms with E-state index in [1.807, 2.05) is 57.3 Å². The van der Waals surface area contributed by atoms with Crippen molar-refractivity contribution in [1.29, 1.82) is 0 Å². The van der Waals surface area contributed by atoms with Crippen LogP contribution in [0.2, 0.25) is 0 Å². The molecule has 0 saturated heterocycles. The van der Waals surface area contributed by atoms with E-state index in [0.29, 0.717) is 35.5 Å². The summed E-state index contributed by atoms with van der Waals surface area (Å²) in [6.07, 6.45) is 2.15. The van der Waals surface area contributed by atoms with Crippen LogP contribution in [0.25, 0.3) is 10.4 Å². The van der Waals surface area contributed by atoms with Gasteiger partial charge in [-0.05, 0) is 41.3 Å². The first-order chi connectivity index (χ1) is 15.2. The van der Waals surface area contributed by atoms with E-state index in [0.717, 1.165) is 10.4 Å². The predicted octanol–water partition coefficient (Wildman–Crippen LogP) is 6.24. The fourth-order valence-electron chi connectivity index (χ4n) is 3.56. The average molecular weight is 471 g/mol. The van der Waals surface area contributed by atoms with Crippen molar-refractivity contribution in [2.24, 2.45) is 0 Å². The number of nitrogen functional groups attached to an aromatic ring is 1. The van der Waals surface area contributed by atoms with Gasteiger partial charge in [0.25, 0.3) is 5.91 Å². The molecular formula is C24H31N4O2PS. The van der Waals surface area contributed by atoms with E-state index in [4.69, 9.17) is 5.73 Å². The van der Waals surface area contributed by atoms with Gasteiger partial charge in [0, 0.05) is 35.1 Å². The Morgan fingerprint density at radius 3 is 2.47 bits per heavy atom. The Hall–Kier alpha value is -2.63. The number of hydrogen-bond donors (Lipinski definition) is 3. The van der Waals surface area contributed by atoms with Gasteiger partial charge in [0.2, 0.25) is 0 Å². The van der Waals surface area contributed by atoms with E-state index in [9.17, 15) is 9.36 Å². The Kier molecular flexibility index (Phi) is 7.75. The van der Waals surface area contributed by atoms with Crippen molar-refractivity contribution in [2.45, 2.75) is 39.0 Å². The molecule has 2 aromatic heterocycles. The first-order valence-electron chi connectivity index (χ1n) is 10.7. The van der Waals surface area contributed by atoms with Gasteiger partial charge in [-0.25, -0.2) is 4.98 Å². The summed E-state index contributed by atoms with van der Waals surface area (Å²) in [6, 6.07) is 13.1. The van der Waals surface area contributed by atoms with E-state index in [2.05, 4.69) is 15.6 Å². The predicted molar refractivity (Wildman–Crippen MR) is 138 cm³/mol. The molecule has 6 nitrogen and oxygen atoms in total. The van der Waals surface area contributed by atoms with Crippen LogP contribution in [0.4, 0.5) is 17.2 Å². The van der Waals surface area contributed by atoms with Gasteiger partial charge >= 0.3 is 0 Å². The lowest BCUT2D eigenvalue weighted by Crippen LogP contribution is -2.18. The molecule has 0 radical (unpaired) electrons. The van der Waals surface area contributed by atoms with E-state index in [1.54, 1.807) is 29.5 Å². The molecule has 0 bridgehead atoms. The van der Waals surface area contributed by atoms with Crippen LogP contribution in [0, 0.1) is 0 Å². The highest BCUT2D eigenvalue weighted by Crippen LogP contribution is 2.54. The van der Waals surface area contributed by atoms with Crippen LogP contribution in [0.1, 0.15) is 38.1 Å². The lowest BCUT2D eigenvalue weighted by atomic mass is 10.1. The lowest BCUT2D eigenvalue weighted by molar-refractivity contribution is 0.102. The molecule has 2 heterocycles. The van der Waals surface area contributed by atoms with Crippen LogP contribution in [-0.2, 0) is 4.57 Å². The minimum atomic E-state index is -2.26. The summed E-state index contributed by atoms with van der Waals surface area (Å²) in [5, 5.41) is 8.11. The number of thiophene rings is 1. The highest BCUT2D eigenvalue weighted by molar-refractivity contribution is 7.65. The monoisotopic (exact) mass is 470 g/mol. The first-order valence-corrected chi connectivity index (χ1v) is 13.6. The molecule has 0 saturated carbocycles. The van der Waals surface area contributed by atoms with Crippen LogP contribution >= 0.6 is 18.5 Å². The number of hydrogen-bond acceptors (Lipinski definition) is 6. The highest BCUT2D eigenvalue weighted by Gasteiger charge is 2.29. The summed E-state index contributed by atoms with van der Waals surface area (Å²) < 4.78 is 13.1. The zero-order valence-corrected chi connectivity index (χ0v) is 20.7. The largest absolute Gasteiger partial charge is 0.397 e. The molecule has 32 heavy (non-hydrogen) atoms. The quantitative estimate of drug-likeness (QED) is 0.254. The van der Waals surface area contributed by atoms with Gasteiger partial charge in [0.05, 0.1) is 24.1 Å². The Balaban J connectivity index is 1.62. The molecule has 0 spiro atoms. The minimum Gasteiger partial charge on any atom is -0.397 e. The van der Waals surface area contributed by atoms with Gasteiger partial charge in [-0.2, -0.15) is 0 Å². The van der Waals surface area contributed by atoms with Crippen molar-refractivity contribution in [3.05, 3.63) is 59.6 Å². The fraction of sp³-hybridized carbons (Fsp3) is 0.333. The molecule has 0 aliphatic heterocycles. The Labute approximate surface area is 194 Å². The van der Waals surface area contributed by atoms with Crippen LogP contribution in [0.5, 0.6) is 0 Å². The third kappa shape index (κ3) is 5.59. The maximum absolute atomic E-state index is 13.1. The molecule has 0 atom stereocenters. The highest BCUT2D eigenvalue weighted by atomic mass is 32.1.